The van der Waals surface area contributed by atoms with E-state index in [1.165, 1.54) is 6.42 Å². The van der Waals surface area contributed by atoms with Gasteiger partial charge in [-0.1, -0.05) is 13.8 Å². The average molecular weight is 159 g/mol. The summed E-state index contributed by atoms with van der Waals surface area (Å²) in [6, 6.07) is 0.843. The SMILES string of the molecule is CCO.CNC1CC1C(C)C. The van der Waals surface area contributed by atoms with E-state index in [9.17, 15) is 0 Å². The van der Waals surface area contributed by atoms with E-state index < -0.39 is 0 Å². The van der Waals surface area contributed by atoms with Crippen molar-refractivity contribution in [1.82, 2.24) is 5.32 Å². The largest absolute Gasteiger partial charge is 0.397 e. The summed E-state index contributed by atoms with van der Waals surface area (Å²) in [6.07, 6.45) is 1.40. The van der Waals surface area contributed by atoms with Crippen LogP contribution in [0.3, 0.4) is 0 Å². The molecule has 0 aromatic carbocycles. The molecule has 0 spiro atoms. The highest BCUT2D eigenvalue weighted by molar-refractivity contribution is 4.93. The normalized spacial score (nSPS) is 27.8. The molecular formula is C9H21NO. The van der Waals surface area contributed by atoms with Crippen LogP contribution in [0, 0.1) is 11.8 Å². The molecule has 1 fully saturated rings. The van der Waals surface area contributed by atoms with Gasteiger partial charge in [0, 0.05) is 12.6 Å². The van der Waals surface area contributed by atoms with E-state index in [0.29, 0.717) is 0 Å². The van der Waals surface area contributed by atoms with Gasteiger partial charge in [0.05, 0.1) is 0 Å². The smallest absolute Gasteiger partial charge is 0.0402 e. The van der Waals surface area contributed by atoms with Crippen molar-refractivity contribution in [3.63, 3.8) is 0 Å². The fourth-order valence-electron chi connectivity index (χ4n) is 1.28. The highest BCUT2D eigenvalue weighted by atomic mass is 16.2. The molecular weight excluding hydrogens is 138 g/mol. The zero-order chi connectivity index (χ0) is 8.85. The summed E-state index contributed by atoms with van der Waals surface area (Å²) in [4.78, 5) is 0. The Morgan fingerprint density at radius 1 is 1.55 bits per heavy atom. The molecule has 0 amide bonds. The van der Waals surface area contributed by atoms with Crippen molar-refractivity contribution in [3.8, 4) is 0 Å². The Kier molecular flexibility index (Phi) is 5.51. The molecule has 2 unspecified atom stereocenters. The fraction of sp³-hybridized carbons (Fsp3) is 1.00. The summed E-state index contributed by atoms with van der Waals surface area (Å²) in [6.45, 7) is 6.52. The third-order valence-electron chi connectivity index (χ3n) is 2.07. The van der Waals surface area contributed by atoms with Crippen LogP contribution in [0.15, 0.2) is 0 Å². The van der Waals surface area contributed by atoms with Crippen LogP contribution >= 0.6 is 0 Å². The number of aliphatic hydroxyl groups excluding tert-OH is 1. The van der Waals surface area contributed by atoms with Gasteiger partial charge in [0.15, 0.2) is 0 Å². The number of rotatable bonds is 2. The second-order valence-electron chi connectivity index (χ2n) is 3.35. The average Bonchev–Trinajstić information content (AvgIpc) is 2.66. The quantitative estimate of drug-likeness (QED) is 0.635. The first-order chi connectivity index (χ1) is 5.17. The number of hydrogen-bond acceptors (Lipinski definition) is 2. The van der Waals surface area contributed by atoms with Crippen molar-refractivity contribution < 1.29 is 5.11 Å². The predicted molar refractivity (Wildman–Crippen MR) is 48.6 cm³/mol. The Labute approximate surface area is 70.0 Å². The Morgan fingerprint density at radius 3 is 2.09 bits per heavy atom. The molecule has 0 aromatic rings. The summed E-state index contributed by atoms with van der Waals surface area (Å²) >= 11 is 0. The molecule has 2 nitrogen and oxygen atoms in total. The standard InChI is InChI=1S/C7H15N.C2H6O/c1-5(2)6-4-7(6)8-3;1-2-3/h5-8H,4H2,1-3H3;3H,2H2,1H3. The van der Waals surface area contributed by atoms with Crippen LogP contribution < -0.4 is 5.32 Å². The lowest BCUT2D eigenvalue weighted by atomic mass is 10.1. The van der Waals surface area contributed by atoms with Crippen molar-refractivity contribution in [2.75, 3.05) is 13.7 Å². The number of aliphatic hydroxyl groups is 1. The van der Waals surface area contributed by atoms with Crippen molar-refractivity contribution in [2.45, 2.75) is 33.2 Å². The summed E-state index contributed by atoms with van der Waals surface area (Å²) in [7, 11) is 2.05. The Hall–Kier alpha value is -0.0800. The molecule has 2 N–H and O–H groups in total. The molecule has 0 saturated heterocycles. The zero-order valence-electron chi connectivity index (χ0n) is 8.09. The third-order valence-corrected chi connectivity index (χ3v) is 2.07. The lowest BCUT2D eigenvalue weighted by molar-refractivity contribution is 0.318. The molecule has 11 heavy (non-hydrogen) atoms. The minimum Gasteiger partial charge on any atom is -0.397 e. The molecule has 2 atom stereocenters. The van der Waals surface area contributed by atoms with E-state index in [0.717, 1.165) is 17.9 Å². The van der Waals surface area contributed by atoms with Crippen LogP contribution in [0.25, 0.3) is 0 Å². The Bertz CT molecular complexity index is 93.6. The van der Waals surface area contributed by atoms with Crippen LogP contribution in [0.5, 0.6) is 0 Å². The van der Waals surface area contributed by atoms with Gasteiger partial charge in [-0.2, -0.15) is 0 Å². The summed E-state index contributed by atoms with van der Waals surface area (Å²) in [5, 5.41) is 10.8. The van der Waals surface area contributed by atoms with Gasteiger partial charge in [0.1, 0.15) is 0 Å². The lowest BCUT2D eigenvalue weighted by Gasteiger charge is -1.99. The molecule has 0 radical (unpaired) electrons. The van der Waals surface area contributed by atoms with Gasteiger partial charge in [-0.15, -0.1) is 0 Å². The topological polar surface area (TPSA) is 32.3 Å². The number of hydrogen-bond donors (Lipinski definition) is 2. The van der Waals surface area contributed by atoms with Gasteiger partial charge < -0.3 is 10.4 Å². The molecule has 0 aromatic heterocycles. The maximum atomic E-state index is 7.57. The van der Waals surface area contributed by atoms with Crippen LogP contribution in [-0.4, -0.2) is 24.8 Å². The second kappa shape index (κ2) is 5.56. The van der Waals surface area contributed by atoms with Crippen LogP contribution in [0.2, 0.25) is 0 Å². The molecule has 1 aliphatic rings. The summed E-state index contributed by atoms with van der Waals surface area (Å²) < 4.78 is 0. The van der Waals surface area contributed by atoms with Gasteiger partial charge in [0.2, 0.25) is 0 Å². The highest BCUT2D eigenvalue weighted by Crippen LogP contribution is 2.36. The molecule has 0 heterocycles. The maximum Gasteiger partial charge on any atom is 0.0402 e. The first-order valence-corrected chi connectivity index (χ1v) is 4.45. The fourth-order valence-corrected chi connectivity index (χ4v) is 1.28. The molecule has 1 rings (SSSR count). The maximum absolute atomic E-state index is 7.57. The minimum atomic E-state index is 0.250. The third kappa shape index (κ3) is 4.38. The number of nitrogens with one attached hydrogen (secondary N) is 1. The van der Waals surface area contributed by atoms with E-state index in [1.54, 1.807) is 6.92 Å². The van der Waals surface area contributed by atoms with E-state index >= 15 is 0 Å². The van der Waals surface area contributed by atoms with Gasteiger partial charge in [-0.05, 0) is 32.2 Å². The Balaban J connectivity index is 0.000000292. The lowest BCUT2D eigenvalue weighted by Crippen LogP contribution is -2.12. The monoisotopic (exact) mass is 159 g/mol. The van der Waals surface area contributed by atoms with Crippen LogP contribution in [-0.2, 0) is 0 Å². The van der Waals surface area contributed by atoms with E-state index in [4.69, 9.17) is 5.11 Å². The van der Waals surface area contributed by atoms with Gasteiger partial charge in [-0.25, -0.2) is 0 Å². The molecule has 1 saturated carbocycles. The first-order valence-electron chi connectivity index (χ1n) is 4.45. The van der Waals surface area contributed by atoms with E-state index in [1.807, 2.05) is 7.05 Å². The molecule has 2 heteroatoms. The Morgan fingerprint density at radius 2 is 2.00 bits per heavy atom. The van der Waals surface area contributed by atoms with E-state index in [-0.39, 0.29) is 6.61 Å². The summed E-state index contributed by atoms with van der Waals surface area (Å²) in [5.74, 6) is 1.85. The van der Waals surface area contributed by atoms with Gasteiger partial charge >= 0.3 is 0 Å². The van der Waals surface area contributed by atoms with Crippen molar-refractivity contribution in [3.05, 3.63) is 0 Å². The second-order valence-corrected chi connectivity index (χ2v) is 3.35. The van der Waals surface area contributed by atoms with Crippen molar-refractivity contribution >= 4 is 0 Å². The molecule has 0 bridgehead atoms. The van der Waals surface area contributed by atoms with Crippen molar-refractivity contribution in [1.29, 1.82) is 0 Å². The molecule has 1 aliphatic carbocycles. The van der Waals surface area contributed by atoms with Gasteiger partial charge in [0.25, 0.3) is 0 Å². The molecule has 0 aliphatic heterocycles. The highest BCUT2D eigenvalue weighted by Gasteiger charge is 2.37. The van der Waals surface area contributed by atoms with Crippen LogP contribution in [0.1, 0.15) is 27.2 Å². The minimum absolute atomic E-state index is 0.250. The summed E-state index contributed by atoms with van der Waals surface area (Å²) in [5.41, 5.74) is 0. The van der Waals surface area contributed by atoms with Gasteiger partial charge in [-0.3, -0.25) is 0 Å². The molecule has 68 valence electrons. The first kappa shape index (κ1) is 10.9. The van der Waals surface area contributed by atoms with Crippen molar-refractivity contribution in [2.24, 2.45) is 11.8 Å². The zero-order valence-corrected chi connectivity index (χ0v) is 8.09. The van der Waals surface area contributed by atoms with Crippen LogP contribution in [0.4, 0.5) is 0 Å². The predicted octanol–water partition coefficient (Wildman–Crippen LogP) is 1.25. The van der Waals surface area contributed by atoms with E-state index in [2.05, 4.69) is 19.2 Å².